The van der Waals surface area contributed by atoms with Gasteiger partial charge < -0.3 is 9.52 Å². The molecule has 1 aromatic carbocycles. The molecule has 0 fully saturated rings. The number of benzene rings is 1. The molecule has 0 saturated carbocycles. The number of nitrogens with one attached hydrogen (secondary N) is 1. The zero-order valence-corrected chi connectivity index (χ0v) is 12.0. The fourth-order valence-electron chi connectivity index (χ4n) is 1.84. The molecule has 0 aliphatic carbocycles. The summed E-state index contributed by atoms with van der Waals surface area (Å²) >= 11 is 0. The van der Waals surface area contributed by atoms with Crippen LogP contribution in [0.1, 0.15) is 21.9 Å². The van der Waals surface area contributed by atoms with Crippen molar-refractivity contribution in [1.82, 2.24) is 0 Å². The fraction of sp³-hybridized carbons (Fsp3) is 0.154. The summed E-state index contributed by atoms with van der Waals surface area (Å²) < 4.78 is 44.7. The monoisotopic (exact) mass is 313 g/mol. The molecule has 0 saturated heterocycles. The number of furan rings is 1. The quantitative estimate of drug-likeness (QED) is 0.904. The minimum absolute atomic E-state index is 0.0463. The van der Waals surface area contributed by atoms with Gasteiger partial charge in [0.2, 0.25) is 5.76 Å². The van der Waals surface area contributed by atoms with E-state index in [1.807, 2.05) is 0 Å². The van der Waals surface area contributed by atoms with Gasteiger partial charge in [-0.2, -0.15) is 0 Å². The van der Waals surface area contributed by atoms with Crippen molar-refractivity contribution in [1.29, 1.82) is 0 Å². The number of carboxylic acid groups (broad SMARTS) is 1. The molecule has 21 heavy (non-hydrogen) atoms. The molecule has 6 nitrogen and oxygen atoms in total. The van der Waals surface area contributed by atoms with E-state index in [0.717, 1.165) is 12.1 Å². The first-order valence-corrected chi connectivity index (χ1v) is 7.31. The van der Waals surface area contributed by atoms with Gasteiger partial charge in [-0.15, -0.1) is 0 Å². The lowest BCUT2D eigenvalue weighted by Crippen LogP contribution is -2.13. The molecule has 0 amide bonds. The van der Waals surface area contributed by atoms with Gasteiger partial charge in [0.1, 0.15) is 16.5 Å². The largest absolute Gasteiger partial charge is 0.475 e. The second-order valence-electron chi connectivity index (χ2n) is 4.46. The summed E-state index contributed by atoms with van der Waals surface area (Å²) in [6.45, 7) is 2.95. The first-order valence-electron chi connectivity index (χ1n) is 5.83. The van der Waals surface area contributed by atoms with Crippen molar-refractivity contribution in [3.8, 4) is 0 Å². The van der Waals surface area contributed by atoms with Crippen molar-refractivity contribution < 1.29 is 27.1 Å². The first kappa shape index (κ1) is 15.0. The van der Waals surface area contributed by atoms with Crippen LogP contribution in [0.2, 0.25) is 0 Å². The summed E-state index contributed by atoms with van der Waals surface area (Å²) in [5, 5.41) is 8.79. The third-order valence-corrected chi connectivity index (χ3v) is 4.16. The van der Waals surface area contributed by atoms with E-state index in [4.69, 9.17) is 9.52 Å². The third kappa shape index (κ3) is 3.22. The van der Waals surface area contributed by atoms with Crippen LogP contribution in [0.15, 0.2) is 33.6 Å². The van der Waals surface area contributed by atoms with E-state index < -0.39 is 27.6 Å². The molecule has 0 unspecified atom stereocenters. The van der Waals surface area contributed by atoms with Gasteiger partial charge >= 0.3 is 5.97 Å². The van der Waals surface area contributed by atoms with Crippen LogP contribution in [-0.2, 0) is 10.0 Å². The van der Waals surface area contributed by atoms with Crippen LogP contribution in [-0.4, -0.2) is 19.5 Å². The lowest BCUT2D eigenvalue weighted by molar-refractivity contribution is 0.0661. The Morgan fingerprint density at radius 3 is 2.43 bits per heavy atom. The molecular weight excluding hydrogens is 301 g/mol. The molecule has 1 aromatic heterocycles. The SMILES string of the molecule is Cc1cc(F)cc(NS(=O)(=O)c2cc(C(=O)O)oc2C)c1. The summed E-state index contributed by atoms with van der Waals surface area (Å²) in [6, 6.07) is 4.64. The average molecular weight is 313 g/mol. The standard InChI is InChI=1S/C13H12FNO5S/c1-7-3-9(14)5-10(4-7)15-21(18,19)12-6-11(13(16)17)20-8(12)2/h3-6,15H,1-2H3,(H,16,17). The Labute approximate surface area is 120 Å². The molecule has 1 heterocycles. The van der Waals surface area contributed by atoms with Crippen LogP contribution in [0.5, 0.6) is 0 Å². The first-order chi connectivity index (χ1) is 9.69. The molecular formula is C13H12FNO5S. The number of hydrogen-bond acceptors (Lipinski definition) is 4. The van der Waals surface area contributed by atoms with Gasteiger partial charge in [0.05, 0.1) is 5.69 Å². The maximum absolute atomic E-state index is 13.3. The molecule has 0 radical (unpaired) electrons. The van der Waals surface area contributed by atoms with E-state index in [-0.39, 0.29) is 16.3 Å². The van der Waals surface area contributed by atoms with Gasteiger partial charge in [-0.3, -0.25) is 4.72 Å². The minimum atomic E-state index is -4.06. The highest BCUT2D eigenvalue weighted by Gasteiger charge is 2.24. The second-order valence-corrected chi connectivity index (χ2v) is 6.11. The van der Waals surface area contributed by atoms with Crippen LogP contribution in [0.3, 0.4) is 0 Å². The topological polar surface area (TPSA) is 96.6 Å². The second kappa shape index (κ2) is 5.21. The summed E-state index contributed by atoms with van der Waals surface area (Å²) in [7, 11) is -4.06. The van der Waals surface area contributed by atoms with E-state index in [0.29, 0.717) is 5.56 Å². The predicted octanol–water partition coefficient (Wildman–Crippen LogP) is 2.53. The van der Waals surface area contributed by atoms with Crippen molar-refractivity contribution in [2.45, 2.75) is 18.7 Å². The molecule has 2 aromatic rings. The summed E-state index contributed by atoms with van der Waals surface area (Å²) in [5.41, 5.74) is 0.591. The Bertz CT molecular complexity index is 790. The van der Waals surface area contributed by atoms with Crippen molar-refractivity contribution >= 4 is 21.7 Å². The predicted molar refractivity (Wildman–Crippen MR) is 72.3 cm³/mol. The Morgan fingerprint density at radius 1 is 1.24 bits per heavy atom. The highest BCUT2D eigenvalue weighted by atomic mass is 32.2. The third-order valence-electron chi connectivity index (χ3n) is 2.67. The maximum Gasteiger partial charge on any atom is 0.371 e. The Balaban J connectivity index is 2.40. The Morgan fingerprint density at radius 2 is 1.90 bits per heavy atom. The van der Waals surface area contributed by atoms with Gasteiger partial charge in [-0.1, -0.05) is 0 Å². The van der Waals surface area contributed by atoms with Crippen LogP contribution < -0.4 is 4.72 Å². The van der Waals surface area contributed by atoms with Crippen LogP contribution >= 0.6 is 0 Å². The van der Waals surface area contributed by atoms with Gasteiger partial charge in [-0.05, 0) is 37.6 Å². The zero-order valence-electron chi connectivity index (χ0n) is 11.2. The van der Waals surface area contributed by atoms with E-state index in [2.05, 4.69) is 4.72 Å². The molecule has 2 N–H and O–H groups in total. The van der Waals surface area contributed by atoms with Crippen LogP contribution in [0.4, 0.5) is 10.1 Å². The number of aryl methyl sites for hydroxylation is 2. The number of anilines is 1. The van der Waals surface area contributed by atoms with Gasteiger partial charge in [0, 0.05) is 6.07 Å². The van der Waals surface area contributed by atoms with Gasteiger partial charge in [0.15, 0.2) is 0 Å². The van der Waals surface area contributed by atoms with Crippen LogP contribution in [0, 0.1) is 19.7 Å². The van der Waals surface area contributed by atoms with E-state index in [1.165, 1.54) is 19.1 Å². The fourth-order valence-corrected chi connectivity index (χ4v) is 3.06. The summed E-state index contributed by atoms with van der Waals surface area (Å²) in [4.78, 5) is 10.5. The van der Waals surface area contributed by atoms with E-state index in [9.17, 15) is 17.6 Å². The number of sulfonamides is 1. The van der Waals surface area contributed by atoms with Gasteiger partial charge in [-0.25, -0.2) is 17.6 Å². The number of hydrogen-bond donors (Lipinski definition) is 2. The number of carboxylic acids is 1. The van der Waals surface area contributed by atoms with Gasteiger partial charge in [0.25, 0.3) is 10.0 Å². The maximum atomic E-state index is 13.3. The number of carbonyl (C=O) groups is 1. The highest BCUT2D eigenvalue weighted by molar-refractivity contribution is 7.92. The molecule has 0 aliphatic heterocycles. The number of halogens is 1. The van der Waals surface area contributed by atoms with Crippen molar-refractivity contribution in [2.24, 2.45) is 0 Å². The Kier molecular flexibility index (Phi) is 3.73. The van der Waals surface area contributed by atoms with Crippen molar-refractivity contribution in [3.05, 3.63) is 47.2 Å². The van der Waals surface area contributed by atoms with E-state index in [1.54, 1.807) is 6.92 Å². The molecule has 8 heteroatoms. The molecule has 0 bridgehead atoms. The Hall–Kier alpha value is -2.35. The number of aromatic carboxylic acids is 1. The summed E-state index contributed by atoms with van der Waals surface area (Å²) in [6.07, 6.45) is 0. The van der Waals surface area contributed by atoms with E-state index >= 15 is 0 Å². The lowest BCUT2D eigenvalue weighted by Gasteiger charge is -2.08. The normalized spacial score (nSPS) is 11.4. The highest BCUT2D eigenvalue weighted by Crippen LogP contribution is 2.23. The molecule has 0 atom stereocenters. The lowest BCUT2D eigenvalue weighted by atomic mass is 10.2. The average Bonchev–Trinajstić information content (AvgIpc) is 2.70. The molecule has 0 aliphatic rings. The smallest absolute Gasteiger partial charge is 0.371 e. The van der Waals surface area contributed by atoms with Crippen molar-refractivity contribution in [2.75, 3.05) is 4.72 Å². The molecule has 112 valence electrons. The van der Waals surface area contributed by atoms with Crippen molar-refractivity contribution in [3.63, 3.8) is 0 Å². The molecule has 0 spiro atoms. The minimum Gasteiger partial charge on any atom is -0.475 e. The number of rotatable bonds is 4. The molecule has 2 rings (SSSR count). The summed E-state index contributed by atoms with van der Waals surface area (Å²) in [5.74, 6) is -2.50. The zero-order chi connectivity index (χ0) is 15.8. The van der Waals surface area contributed by atoms with Crippen LogP contribution in [0.25, 0.3) is 0 Å².